The molecule has 0 saturated carbocycles. The van der Waals surface area contributed by atoms with Crippen LogP contribution in [0.2, 0.25) is 0 Å². The summed E-state index contributed by atoms with van der Waals surface area (Å²) in [6, 6.07) is 10.2. The highest BCUT2D eigenvalue weighted by atomic mass is 32.2. The molecule has 5 aromatic rings. The SMILES string of the molecule is Cc1cccc(Cn2c(C(=O)NS(C)(=O)=O)c(-c3ccc[nH]c3=O)c3c4occc4c(F)cc32)c1F. The number of aromatic amines is 1. The van der Waals surface area contributed by atoms with Crippen LogP contribution >= 0.6 is 0 Å². The summed E-state index contributed by atoms with van der Waals surface area (Å²) in [4.78, 5) is 28.8. The first-order valence-electron chi connectivity index (χ1n) is 10.7. The standard InChI is InChI=1S/C25H19F2N3O5S/c1-13-5-3-6-14(21(13)27)12-30-18-11-17(26)15-8-10-35-23(15)20(18)19(16-7-4-9-28-24(16)31)22(30)25(32)29-36(2,33)34/h3-11H,12H2,1-2H3,(H,28,31)(H,29,32). The Morgan fingerprint density at radius 3 is 2.67 bits per heavy atom. The number of pyridine rings is 1. The number of nitrogens with one attached hydrogen (secondary N) is 2. The number of aromatic nitrogens is 2. The summed E-state index contributed by atoms with van der Waals surface area (Å²) in [6.07, 6.45) is 3.46. The molecule has 5 rings (SSSR count). The molecule has 0 fully saturated rings. The summed E-state index contributed by atoms with van der Waals surface area (Å²) in [5.41, 5.74) is -0.0888. The highest BCUT2D eigenvalue weighted by molar-refractivity contribution is 7.89. The molecule has 8 nitrogen and oxygen atoms in total. The zero-order valence-corrected chi connectivity index (χ0v) is 19.9. The number of carbonyl (C=O) groups is 1. The van der Waals surface area contributed by atoms with E-state index in [-0.39, 0.29) is 50.8 Å². The molecule has 0 spiro atoms. The van der Waals surface area contributed by atoms with E-state index in [1.54, 1.807) is 19.1 Å². The molecule has 0 aliphatic heterocycles. The Balaban J connectivity index is 1.97. The van der Waals surface area contributed by atoms with Gasteiger partial charge in [0.2, 0.25) is 10.0 Å². The first-order chi connectivity index (χ1) is 17.1. The van der Waals surface area contributed by atoms with Crippen LogP contribution in [0, 0.1) is 18.6 Å². The normalized spacial score (nSPS) is 11.9. The van der Waals surface area contributed by atoms with E-state index in [0.29, 0.717) is 5.56 Å². The van der Waals surface area contributed by atoms with Gasteiger partial charge in [-0.05, 0) is 36.8 Å². The number of amides is 1. The van der Waals surface area contributed by atoms with Crippen molar-refractivity contribution >= 4 is 37.8 Å². The molecular formula is C25H19F2N3O5S. The van der Waals surface area contributed by atoms with E-state index in [1.165, 1.54) is 41.3 Å². The van der Waals surface area contributed by atoms with Gasteiger partial charge in [0.1, 0.15) is 22.9 Å². The molecule has 1 amide bonds. The number of rotatable bonds is 5. The molecule has 36 heavy (non-hydrogen) atoms. The first-order valence-corrected chi connectivity index (χ1v) is 12.6. The van der Waals surface area contributed by atoms with Gasteiger partial charge in [0, 0.05) is 17.3 Å². The van der Waals surface area contributed by atoms with Crippen molar-refractivity contribution < 1.29 is 26.4 Å². The fourth-order valence-electron chi connectivity index (χ4n) is 4.40. The van der Waals surface area contributed by atoms with Crippen molar-refractivity contribution in [2.24, 2.45) is 0 Å². The van der Waals surface area contributed by atoms with Crippen molar-refractivity contribution in [1.82, 2.24) is 14.3 Å². The van der Waals surface area contributed by atoms with Crippen LogP contribution in [0.5, 0.6) is 0 Å². The zero-order valence-electron chi connectivity index (χ0n) is 19.1. The lowest BCUT2D eigenvalue weighted by atomic mass is 10.0. The van der Waals surface area contributed by atoms with Crippen LogP contribution in [0.4, 0.5) is 8.78 Å². The molecule has 0 atom stereocenters. The van der Waals surface area contributed by atoms with Crippen LogP contribution in [0.25, 0.3) is 33.0 Å². The predicted molar refractivity (Wildman–Crippen MR) is 130 cm³/mol. The van der Waals surface area contributed by atoms with Gasteiger partial charge in [-0.2, -0.15) is 0 Å². The second kappa shape index (κ2) is 8.45. The van der Waals surface area contributed by atoms with Gasteiger partial charge in [-0.15, -0.1) is 0 Å². The average Bonchev–Trinajstić information content (AvgIpc) is 3.40. The van der Waals surface area contributed by atoms with E-state index in [4.69, 9.17) is 4.42 Å². The highest BCUT2D eigenvalue weighted by Gasteiger charge is 2.30. The fraction of sp³-hybridized carbons (Fsp3) is 0.120. The van der Waals surface area contributed by atoms with E-state index >= 15 is 8.78 Å². The van der Waals surface area contributed by atoms with E-state index in [1.807, 2.05) is 4.72 Å². The molecule has 2 N–H and O–H groups in total. The number of hydrogen-bond acceptors (Lipinski definition) is 5. The Morgan fingerprint density at radius 1 is 1.17 bits per heavy atom. The van der Waals surface area contributed by atoms with Crippen LogP contribution in [0.3, 0.4) is 0 Å². The number of hydrogen-bond donors (Lipinski definition) is 2. The number of aryl methyl sites for hydroxylation is 1. The second-order valence-corrected chi connectivity index (χ2v) is 10.1. The van der Waals surface area contributed by atoms with Gasteiger partial charge in [-0.3, -0.25) is 9.59 Å². The third-order valence-corrected chi connectivity index (χ3v) is 6.45. The largest absolute Gasteiger partial charge is 0.463 e. The Labute approximate surface area is 203 Å². The summed E-state index contributed by atoms with van der Waals surface area (Å²) in [5.74, 6) is -2.27. The summed E-state index contributed by atoms with van der Waals surface area (Å²) in [6.45, 7) is 1.32. The summed E-state index contributed by atoms with van der Waals surface area (Å²) in [5, 5.41) is 0.310. The van der Waals surface area contributed by atoms with E-state index in [0.717, 1.165) is 12.3 Å². The highest BCUT2D eigenvalue weighted by Crippen LogP contribution is 2.40. The van der Waals surface area contributed by atoms with Crippen LogP contribution in [0.1, 0.15) is 21.6 Å². The summed E-state index contributed by atoms with van der Waals surface area (Å²) < 4.78 is 62.9. The number of benzene rings is 2. The summed E-state index contributed by atoms with van der Waals surface area (Å²) in [7, 11) is -4.03. The monoisotopic (exact) mass is 511 g/mol. The van der Waals surface area contributed by atoms with Crippen molar-refractivity contribution in [3.8, 4) is 11.1 Å². The lowest BCUT2D eigenvalue weighted by Gasteiger charge is -2.13. The van der Waals surface area contributed by atoms with Crippen molar-refractivity contribution in [3.63, 3.8) is 0 Å². The molecule has 0 aliphatic rings. The van der Waals surface area contributed by atoms with Crippen LogP contribution in [0.15, 0.2) is 64.1 Å². The third-order valence-electron chi connectivity index (χ3n) is 5.90. The maximum Gasteiger partial charge on any atom is 0.282 e. The van der Waals surface area contributed by atoms with Gasteiger partial charge in [0.25, 0.3) is 11.5 Å². The third kappa shape index (κ3) is 3.87. The maximum absolute atomic E-state index is 15.1. The molecule has 0 radical (unpaired) electrons. The number of nitrogens with zero attached hydrogens (tertiary/aromatic N) is 1. The quantitative estimate of drug-likeness (QED) is 0.369. The first kappa shape index (κ1) is 23.5. The molecule has 3 aromatic heterocycles. The van der Waals surface area contributed by atoms with Crippen LogP contribution in [-0.4, -0.2) is 30.1 Å². The topological polar surface area (TPSA) is 114 Å². The molecule has 3 heterocycles. The number of H-pyrrole nitrogens is 1. The van der Waals surface area contributed by atoms with E-state index in [9.17, 15) is 18.0 Å². The van der Waals surface area contributed by atoms with Crippen LogP contribution in [-0.2, 0) is 16.6 Å². The molecule has 184 valence electrons. The van der Waals surface area contributed by atoms with Crippen molar-refractivity contribution in [2.45, 2.75) is 13.5 Å². The molecule has 0 saturated heterocycles. The Kier molecular flexibility index (Phi) is 5.51. The zero-order chi connectivity index (χ0) is 25.8. The number of fused-ring (bicyclic) bond motifs is 3. The molecule has 0 aliphatic carbocycles. The van der Waals surface area contributed by atoms with E-state index in [2.05, 4.69) is 4.98 Å². The Bertz CT molecular complexity index is 1850. The van der Waals surface area contributed by atoms with Gasteiger partial charge in [-0.25, -0.2) is 21.9 Å². The number of carbonyl (C=O) groups excluding carboxylic acids is 1. The average molecular weight is 512 g/mol. The summed E-state index contributed by atoms with van der Waals surface area (Å²) >= 11 is 0. The molecule has 2 aromatic carbocycles. The lowest BCUT2D eigenvalue weighted by molar-refractivity contribution is 0.0974. The minimum absolute atomic E-state index is 0.0222. The Hall–Kier alpha value is -4.25. The van der Waals surface area contributed by atoms with Gasteiger partial charge < -0.3 is 14.0 Å². The minimum atomic E-state index is -4.03. The van der Waals surface area contributed by atoms with E-state index < -0.39 is 33.1 Å². The Morgan fingerprint density at radius 2 is 1.94 bits per heavy atom. The predicted octanol–water partition coefficient (Wildman–Crippen LogP) is 4.07. The van der Waals surface area contributed by atoms with Crippen molar-refractivity contribution in [2.75, 3.05) is 6.26 Å². The molecule has 0 unspecified atom stereocenters. The second-order valence-electron chi connectivity index (χ2n) is 8.39. The lowest BCUT2D eigenvalue weighted by Crippen LogP contribution is -2.32. The minimum Gasteiger partial charge on any atom is -0.463 e. The fourth-order valence-corrected chi connectivity index (χ4v) is 4.84. The van der Waals surface area contributed by atoms with Crippen LogP contribution < -0.4 is 10.3 Å². The number of halogens is 2. The van der Waals surface area contributed by atoms with Gasteiger partial charge >= 0.3 is 0 Å². The van der Waals surface area contributed by atoms with Crippen molar-refractivity contribution in [1.29, 1.82) is 0 Å². The smallest absolute Gasteiger partial charge is 0.282 e. The molecule has 0 bridgehead atoms. The maximum atomic E-state index is 15.1. The molecular weight excluding hydrogens is 492 g/mol. The molecule has 11 heteroatoms. The van der Waals surface area contributed by atoms with Gasteiger partial charge in [0.15, 0.2) is 0 Å². The van der Waals surface area contributed by atoms with Gasteiger partial charge in [-0.1, -0.05) is 18.2 Å². The number of furan rings is 1. The number of sulfonamides is 1. The van der Waals surface area contributed by atoms with Crippen molar-refractivity contribution in [3.05, 3.63) is 93.7 Å². The van der Waals surface area contributed by atoms with Gasteiger partial charge in [0.05, 0.1) is 40.9 Å².